The molecule has 0 aliphatic carbocycles. The van der Waals surface area contributed by atoms with Crippen molar-refractivity contribution in [2.45, 2.75) is 88.5 Å². The van der Waals surface area contributed by atoms with Gasteiger partial charge in [-0.05, 0) is 54.9 Å². The van der Waals surface area contributed by atoms with Gasteiger partial charge in [0.25, 0.3) is 0 Å². The molecule has 0 aliphatic heterocycles. The molecule has 29 heavy (non-hydrogen) atoms. The summed E-state index contributed by atoms with van der Waals surface area (Å²) in [6.45, 7) is 18.6. The van der Waals surface area contributed by atoms with Gasteiger partial charge in [-0.1, -0.05) is 89.1 Å². The van der Waals surface area contributed by atoms with Crippen molar-refractivity contribution in [1.82, 2.24) is 0 Å². The van der Waals surface area contributed by atoms with Gasteiger partial charge in [-0.25, -0.2) is 0 Å². The van der Waals surface area contributed by atoms with Crippen molar-refractivity contribution >= 4 is 11.8 Å². The zero-order valence-corrected chi connectivity index (χ0v) is 20.9. The summed E-state index contributed by atoms with van der Waals surface area (Å²) >= 11 is 1.28. The van der Waals surface area contributed by atoms with Crippen molar-refractivity contribution in [1.29, 1.82) is 0 Å². The van der Waals surface area contributed by atoms with Crippen molar-refractivity contribution < 1.29 is 26.7 Å². The molecular weight excluding hydrogens is 425 g/mol. The molecule has 164 valence electrons. The van der Waals surface area contributed by atoms with Gasteiger partial charge in [0.2, 0.25) is 0 Å². The van der Waals surface area contributed by atoms with Gasteiger partial charge in [0, 0.05) is 15.3 Å². The smallest absolute Gasteiger partial charge is 0.872 e. The number of hydrogen-bond acceptors (Lipinski definition) is 4. The number of hydrogen-bond donors (Lipinski definition) is 1. The summed E-state index contributed by atoms with van der Waals surface area (Å²) < 4.78 is 0. The summed E-state index contributed by atoms with van der Waals surface area (Å²) in [6.07, 6.45) is 0. The second kappa shape index (κ2) is 10.2. The Balaban J connectivity index is 0.00000117. The quantitative estimate of drug-likeness (QED) is 0.616. The molecule has 0 spiro atoms. The molecule has 3 nitrogen and oxygen atoms in total. The Morgan fingerprint density at radius 1 is 0.655 bits per heavy atom. The summed E-state index contributed by atoms with van der Waals surface area (Å²) in [6, 6.07) is 10.8. The number of rotatable bonds is 2. The number of nitrogens with two attached hydrogens (primary N) is 1. The SMILES string of the molecule is CC(C)(C)N.CC(C)(C)c1ccc([O-])c(Sc2cc(C(C)(C)C)ccc2[O-])c1.[Ni+2]. The van der Waals surface area contributed by atoms with Crippen molar-refractivity contribution in [3.63, 3.8) is 0 Å². The average Bonchev–Trinajstić information content (AvgIpc) is 2.47. The molecule has 2 aromatic carbocycles. The molecule has 0 heterocycles. The van der Waals surface area contributed by atoms with Crippen LogP contribution >= 0.6 is 11.8 Å². The number of benzene rings is 2. The van der Waals surface area contributed by atoms with Gasteiger partial charge < -0.3 is 15.9 Å². The first-order valence-corrected chi connectivity index (χ1v) is 10.4. The molecule has 0 amide bonds. The molecule has 0 bridgehead atoms. The fourth-order valence-electron chi connectivity index (χ4n) is 2.23. The third-order valence-electron chi connectivity index (χ3n) is 3.84. The third kappa shape index (κ3) is 9.93. The molecule has 0 atom stereocenters. The van der Waals surface area contributed by atoms with Crippen LogP contribution in [0.5, 0.6) is 11.5 Å². The van der Waals surface area contributed by atoms with E-state index in [0.717, 1.165) is 11.1 Å². The first-order valence-electron chi connectivity index (χ1n) is 9.58. The van der Waals surface area contributed by atoms with E-state index in [4.69, 9.17) is 5.73 Å². The summed E-state index contributed by atoms with van der Waals surface area (Å²) in [4.78, 5) is 1.22. The van der Waals surface area contributed by atoms with E-state index in [2.05, 4.69) is 41.5 Å². The standard InChI is InChI=1S/C20H26O2S.C4H11N.Ni/c1-19(2,3)13-7-9-15(21)17(11-13)23-18-12-14(20(4,5)6)8-10-16(18)22;1-4(2,3)5;/h7-12,21-22H,1-6H3;5H2,1-3H3;/q;;+2/p-2. The molecule has 2 rings (SSSR count). The van der Waals surface area contributed by atoms with E-state index in [1.807, 2.05) is 45.0 Å². The maximum absolute atomic E-state index is 12.2. The van der Waals surface area contributed by atoms with Crippen LogP contribution in [0.15, 0.2) is 46.2 Å². The van der Waals surface area contributed by atoms with Crippen molar-refractivity contribution in [2.75, 3.05) is 0 Å². The molecule has 0 unspecified atom stereocenters. The molecule has 2 aromatic rings. The molecule has 5 heteroatoms. The molecule has 0 aromatic heterocycles. The van der Waals surface area contributed by atoms with Crippen LogP contribution in [0.3, 0.4) is 0 Å². The van der Waals surface area contributed by atoms with Crippen LogP contribution in [0.4, 0.5) is 0 Å². The fraction of sp³-hybridized carbons (Fsp3) is 0.500. The van der Waals surface area contributed by atoms with Gasteiger partial charge in [0.05, 0.1) is 0 Å². The van der Waals surface area contributed by atoms with Crippen LogP contribution in [-0.2, 0) is 27.3 Å². The Morgan fingerprint density at radius 2 is 0.931 bits per heavy atom. The second-order valence-corrected chi connectivity index (χ2v) is 11.4. The Morgan fingerprint density at radius 3 is 1.17 bits per heavy atom. The average molecular weight is 460 g/mol. The predicted molar refractivity (Wildman–Crippen MR) is 117 cm³/mol. The normalized spacial score (nSPS) is 11.9. The fourth-order valence-corrected chi connectivity index (χ4v) is 3.17. The maximum atomic E-state index is 12.2. The summed E-state index contributed by atoms with van der Waals surface area (Å²) in [5.74, 6) is -0.0767. The molecule has 0 saturated heterocycles. The first kappa shape index (κ1) is 27.8. The van der Waals surface area contributed by atoms with E-state index in [-0.39, 0.29) is 44.4 Å². The second-order valence-electron chi connectivity index (χ2n) is 10.3. The minimum atomic E-state index is -0.0384. The summed E-state index contributed by atoms with van der Waals surface area (Å²) in [7, 11) is 0. The van der Waals surface area contributed by atoms with E-state index in [0.29, 0.717) is 9.79 Å². The van der Waals surface area contributed by atoms with Crippen molar-refractivity contribution in [3.05, 3.63) is 47.5 Å². The van der Waals surface area contributed by atoms with Gasteiger partial charge in [-0.2, -0.15) is 0 Å². The van der Waals surface area contributed by atoms with Gasteiger partial charge in [0.1, 0.15) is 0 Å². The van der Waals surface area contributed by atoms with Crippen LogP contribution in [-0.4, -0.2) is 5.54 Å². The Labute approximate surface area is 191 Å². The zero-order valence-electron chi connectivity index (χ0n) is 19.1. The maximum Gasteiger partial charge on any atom is 2.00 e. The van der Waals surface area contributed by atoms with E-state index < -0.39 is 0 Å². The van der Waals surface area contributed by atoms with Gasteiger partial charge >= 0.3 is 16.5 Å². The molecule has 0 aliphatic rings. The van der Waals surface area contributed by atoms with Crippen molar-refractivity contribution in [3.8, 4) is 11.5 Å². The molecular formula is C24H35NNiO2S. The molecule has 2 N–H and O–H groups in total. The minimum Gasteiger partial charge on any atom is -0.872 e. The van der Waals surface area contributed by atoms with Crippen LogP contribution in [0.2, 0.25) is 0 Å². The van der Waals surface area contributed by atoms with E-state index in [9.17, 15) is 10.2 Å². The molecule has 0 fully saturated rings. The van der Waals surface area contributed by atoms with Gasteiger partial charge in [-0.3, -0.25) is 0 Å². The predicted octanol–water partition coefficient (Wildman–Crippen LogP) is 5.32. The zero-order chi connectivity index (χ0) is 21.9. The van der Waals surface area contributed by atoms with Crippen molar-refractivity contribution in [2.24, 2.45) is 5.73 Å². The Kier molecular flexibility index (Phi) is 9.83. The van der Waals surface area contributed by atoms with E-state index >= 15 is 0 Å². The monoisotopic (exact) mass is 459 g/mol. The minimum absolute atomic E-state index is 0. The summed E-state index contributed by atoms with van der Waals surface area (Å²) in [5.41, 5.74) is 7.48. The van der Waals surface area contributed by atoms with Crippen LogP contribution in [0.25, 0.3) is 0 Å². The third-order valence-corrected chi connectivity index (χ3v) is 4.92. The van der Waals surface area contributed by atoms with E-state index in [1.54, 1.807) is 12.1 Å². The Bertz CT molecular complexity index is 732. The first-order chi connectivity index (χ1) is 12.5. The molecule has 0 radical (unpaired) electrons. The van der Waals surface area contributed by atoms with Crippen LogP contribution < -0.4 is 15.9 Å². The van der Waals surface area contributed by atoms with Crippen LogP contribution in [0.1, 0.15) is 73.4 Å². The summed E-state index contributed by atoms with van der Waals surface area (Å²) in [5, 5.41) is 24.3. The van der Waals surface area contributed by atoms with Gasteiger partial charge in [0.15, 0.2) is 0 Å². The topological polar surface area (TPSA) is 72.1 Å². The molecule has 0 saturated carbocycles. The van der Waals surface area contributed by atoms with E-state index in [1.165, 1.54) is 11.8 Å². The largest absolute Gasteiger partial charge is 2.00 e. The van der Waals surface area contributed by atoms with Crippen LogP contribution in [0, 0.1) is 0 Å². The van der Waals surface area contributed by atoms with Gasteiger partial charge in [-0.15, -0.1) is 0 Å². The Hall–Kier alpha value is -1.16.